The van der Waals surface area contributed by atoms with Gasteiger partial charge in [-0.15, -0.1) is 0 Å². The Morgan fingerprint density at radius 3 is 2.63 bits per heavy atom. The van der Waals surface area contributed by atoms with Crippen molar-refractivity contribution in [2.45, 2.75) is 64.8 Å². The fourth-order valence-electron chi connectivity index (χ4n) is 2.87. The van der Waals surface area contributed by atoms with E-state index in [-0.39, 0.29) is 6.04 Å². The molecule has 19 heavy (non-hydrogen) atoms. The van der Waals surface area contributed by atoms with Crippen LogP contribution in [0.3, 0.4) is 0 Å². The van der Waals surface area contributed by atoms with Crippen LogP contribution < -0.4 is 5.73 Å². The third-order valence-corrected chi connectivity index (χ3v) is 4.33. The molecule has 2 rings (SSSR count). The molecule has 1 aromatic carbocycles. The summed E-state index contributed by atoms with van der Waals surface area (Å²) in [4.78, 5) is 0. The van der Waals surface area contributed by atoms with E-state index in [1.165, 1.54) is 60.8 Å². The molecule has 1 aliphatic carbocycles. The Bertz CT molecular complexity index is 445. The van der Waals surface area contributed by atoms with Gasteiger partial charge < -0.3 is 5.73 Å². The van der Waals surface area contributed by atoms with Crippen molar-refractivity contribution in [3.8, 4) is 0 Å². The first-order valence-corrected chi connectivity index (χ1v) is 7.67. The smallest absolute Gasteiger partial charge is 0.0294 e. The zero-order valence-electron chi connectivity index (χ0n) is 12.4. The summed E-state index contributed by atoms with van der Waals surface area (Å²) in [5.41, 5.74) is 12.0. The molecule has 2 N–H and O–H groups in total. The van der Waals surface area contributed by atoms with Crippen LogP contribution in [0, 0.1) is 13.8 Å². The van der Waals surface area contributed by atoms with Crippen molar-refractivity contribution in [2.75, 3.05) is 0 Å². The fraction of sp³-hybridized carbons (Fsp3) is 0.556. The van der Waals surface area contributed by atoms with E-state index in [0.29, 0.717) is 0 Å². The van der Waals surface area contributed by atoms with Gasteiger partial charge in [0.15, 0.2) is 0 Å². The second-order valence-corrected chi connectivity index (χ2v) is 5.96. The molecular formula is C18H27N. The van der Waals surface area contributed by atoms with Gasteiger partial charge in [-0.3, -0.25) is 0 Å². The van der Waals surface area contributed by atoms with Crippen LogP contribution in [0.1, 0.15) is 55.2 Å². The second-order valence-electron chi connectivity index (χ2n) is 5.96. The third-order valence-electron chi connectivity index (χ3n) is 4.33. The summed E-state index contributed by atoms with van der Waals surface area (Å²) in [6, 6.07) is 6.94. The van der Waals surface area contributed by atoms with Crippen molar-refractivity contribution < 1.29 is 0 Å². The van der Waals surface area contributed by atoms with Crippen LogP contribution in [0.25, 0.3) is 0 Å². The van der Waals surface area contributed by atoms with Gasteiger partial charge in [0, 0.05) is 6.04 Å². The van der Waals surface area contributed by atoms with Gasteiger partial charge in [-0.05, 0) is 62.6 Å². The molecule has 0 radical (unpaired) electrons. The zero-order valence-corrected chi connectivity index (χ0v) is 12.4. The fourth-order valence-corrected chi connectivity index (χ4v) is 2.87. The zero-order chi connectivity index (χ0) is 13.7. The summed E-state index contributed by atoms with van der Waals surface area (Å²) in [5, 5.41) is 0. The summed E-state index contributed by atoms with van der Waals surface area (Å²) < 4.78 is 0. The van der Waals surface area contributed by atoms with E-state index in [2.05, 4.69) is 38.1 Å². The first-order valence-electron chi connectivity index (χ1n) is 7.67. The van der Waals surface area contributed by atoms with Gasteiger partial charge in [0.2, 0.25) is 0 Å². The molecule has 0 fully saturated rings. The maximum Gasteiger partial charge on any atom is 0.0294 e. The Morgan fingerprint density at radius 1 is 1.05 bits per heavy atom. The summed E-state index contributed by atoms with van der Waals surface area (Å²) in [6.07, 6.45) is 11.2. The molecule has 0 saturated heterocycles. The van der Waals surface area contributed by atoms with Crippen LogP contribution in [0.2, 0.25) is 0 Å². The quantitative estimate of drug-likeness (QED) is 0.795. The lowest BCUT2D eigenvalue weighted by Gasteiger charge is -2.19. The van der Waals surface area contributed by atoms with Gasteiger partial charge in [-0.2, -0.15) is 0 Å². The minimum absolute atomic E-state index is 0.209. The van der Waals surface area contributed by atoms with E-state index < -0.39 is 0 Å². The minimum atomic E-state index is 0.209. The molecule has 104 valence electrons. The van der Waals surface area contributed by atoms with E-state index in [4.69, 9.17) is 5.73 Å². The van der Waals surface area contributed by atoms with Crippen LogP contribution in [0.4, 0.5) is 0 Å². The molecule has 1 nitrogen and oxygen atoms in total. The Morgan fingerprint density at radius 2 is 1.84 bits per heavy atom. The number of hydrogen-bond acceptors (Lipinski definition) is 1. The molecule has 0 heterocycles. The van der Waals surface area contributed by atoms with Crippen molar-refractivity contribution in [1.82, 2.24) is 0 Å². The van der Waals surface area contributed by atoms with Crippen molar-refractivity contribution in [3.05, 3.63) is 46.5 Å². The highest BCUT2D eigenvalue weighted by Crippen LogP contribution is 2.21. The molecule has 1 heteroatoms. The standard InChI is InChI=1S/C18H27N/c1-14-10-11-16(12-15(14)2)13-18(19)17-8-6-4-3-5-7-9-17/h8,10-12,18H,3-7,9,13,19H2,1-2H3/b17-8+. The number of rotatable bonds is 3. The predicted molar refractivity (Wildman–Crippen MR) is 83.4 cm³/mol. The van der Waals surface area contributed by atoms with Crippen LogP contribution in [-0.4, -0.2) is 6.04 Å². The largest absolute Gasteiger partial charge is 0.324 e. The van der Waals surface area contributed by atoms with Crippen LogP contribution >= 0.6 is 0 Å². The highest BCUT2D eigenvalue weighted by Gasteiger charge is 2.11. The first kappa shape index (κ1) is 14.3. The molecule has 1 atom stereocenters. The highest BCUT2D eigenvalue weighted by molar-refractivity contribution is 5.31. The molecular weight excluding hydrogens is 230 g/mol. The average molecular weight is 257 g/mol. The van der Waals surface area contributed by atoms with Crippen molar-refractivity contribution in [1.29, 1.82) is 0 Å². The van der Waals surface area contributed by atoms with E-state index in [9.17, 15) is 0 Å². The summed E-state index contributed by atoms with van der Waals surface area (Å²) >= 11 is 0. The molecule has 0 aromatic heterocycles. The lowest BCUT2D eigenvalue weighted by molar-refractivity contribution is 0.594. The van der Waals surface area contributed by atoms with Crippen molar-refractivity contribution in [3.63, 3.8) is 0 Å². The lowest BCUT2D eigenvalue weighted by Crippen LogP contribution is -2.26. The van der Waals surface area contributed by atoms with Crippen molar-refractivity contribution >= 4 is 0 Å². The van der Waals surface area contributed by atoms with E-state index in [1.807, 2.05) is 0 Å². The van der Waals surface area contributed by atoms with Gasteiger partial charge in [-0.1, -0.05) is 42.7 Å². The topological polar surface area (TPSA) is 26.0 Å². The Kier molecular flexibility index (Phi) is 5.21. The average Bonchev–Trinajstić information content (AvgIpc) is 2.33. The van der Waals surface area contributed by atoms with E-state index in [1.54, 1.807) is 0 Å². The van der Waals surface area contributed by atoms with Gasteiger partial charge in [-0.25, -0.2) is 0 Å². The van der Waals surface area contributed by atoms with Crippen LogP contribution in [-0.2, 0) is 6.42 Å². The van der Waals surface area contributed by atoms with Gasteiger partial charge in [0.05, 0.1) is 0 Å². The Balaban J connectivity index is 2.02. The maximum atomic E-state index is 6.42. The molecule has 1 unspecified atom stereocenters. The monoisotopic (exact) mass is 257 g/mol. The number of nitrogens with two attached hydrogens (primary N) is 1. The molecule has 1 aliphatic rings. The first-order chi connectivity index (χ1) is 9.16. The predicted octanol–water partition coefficient (Wildman–Crippen LogP) is 4.45. The Hall–Kier alpha value is -1.08. The molecule has 0 saturated carbocycles. The molecule has 0 aliphatic heterocycles. The molecule has 0 bridgehead atoms. The van der Waals surface area contributed by atoms with E-state index in [0.717, 1.165) is 6.42 Å². The second kappa shape index (κ2) is 6.91. The number of aryl methyl sites for hydroxylation is 2. The Labute approximate surface area is 117 Å². The van der Waals surface area contributed by atoms with Gasteiger partial charge in [0.25, 0.3) is 0 Å². The summed E-state index contributed by atoms with van der Waals surface area (Å²) in [5.74, 6) is 0. The SMILES string of the molecule is Cc1ccc(CC(N)/C2=C/CCCCCC2)cc1C. The van der Waals surface area contributed by atoms with Gasteiger partial charge in [0.1, 0.15) is 0 Å². The van der Waals surface area contributed by atoms with E-state index >= 15 is 0 Å². The highest BCUT2D eigenvalue weighted by atomic mass is 14.6. The number of hydrogen-bond donors (Lipinski definition) is 1. The minimum Gasteiger partial charge on any atom is -0.324 e. The maximum absolute atomic E-state index is 6.42. The molecule has 0 spiro atoms. The lowest BCUT2D eigenvalue weighted by atomic mass is 9.91. The summed E-state index contributed by atoms with van der Waals surface area (Å²) in [7, 11) is 0. The van der Waals surface area contributed by atoms with Crippen LogP contribution in [0.5, 0.6) is 0 Å². The van der Waals surface area contributed by atoms with Gasteiger partial charge >= 0.3 is 0 Å². The summed E-state index contributed by atoms with van der Waals surface area (Å²) in [6.45, 7) is 4.34. The number of benzene rings is 1. The normalized spacial score (nSPS) is 21.1. The number of allylic oxidation sites excluding steroid dienone is 1. The van der Waals surface area contributed by atoms with Crippen LogP contribution in [0.15, 0.2) is 29.8 Å². The third kappa shape index (κ3) is 4.21. The van der Waals surface area contributed by atoms with Crippen molar-refractivity contribution in [2.24, 2.45) is 5.73 Å². The molecule has 0 amide bonds. The molecule has 1 aromatic rings.